The van der Waals surface area contributed by atoms with E-state index >= 15 is 0 Å². The van der Waals surface area contributed by atoms with Crippen LogP contribution in [0.3, 0.4) is 0 Å². The Morgan fingerprint density at radius 2 is 2.00 bits per heavy atom. The molecule has 0 nitrogen and oxygen atoms in total. The first-order valence-corrected chi connectivity index (χ1v) is 4.53. The fourth-order valence-electron chi connectivity index (χ4n) is 1.37. The molecule has 0 heteroatoms. The second-order valence-electron chi connectivity index (χ2n) is 3.37. The minimum absolute atomic E-state index is 0.914. The molecule has 0 radical (unpaired) electrons. The van der Waals surface area contributed by atoms with Gasteiger partial charge in [0.15, 0.2) is 0 Å². The van der Waals surface area contributed by atoms with Gasteiger partial charge in [0.25, 0.3) is 0 Å². The van der Waals surface area contributed by atoms with Crippen LogP contribution in [0, 0.1) is 5.92 Å². The predicted molar refractivity (Wildman–Crippen MR) is 46.0 cm³/mol. The fraction of sp³-hybridized carbons (Fsp3) is 0.800. The quantitative estimate of drug-likeness (QED) is 0.402. The van der Waals surface area contributed by atoms with Gasteiger partial charge >= 0.3 is 0 Å². The van der Waals surface area contributed by atoms with Crippen LogP contribution in [0.2, 0.25) is 0 Å². The topological polar surface area (TPSA) is 0 Å². The van der Waals surface area contributed by atoms with E-state index < -0.39 is 0 Å². The predicted octanol–water partition coefficient (Wildman–Crippen LogP) is 3.53. The van der Waals surface area contributed by atoms with E-state index in [9.17, 15) is 0 Å². The van der Waals surface area contributed by atoms with Crippen LogP contribution in [0.5, 0.6) is 0 Å². The number of hydrogen-bond donors (Lipinski definition) is 0. The van der Waals surface area contributed by atoms with E-state index in [0.29, 0.717) is 0 Å². The van der Waals surface area contributed by atoms with E-state index in [-0.39, 0.29) is 0 Å². The Kier molecular flexibility index (Phi) is 2.98. The molecular formula is C10H18. The Balaban J connectivity index is 1.79. The van der Waals surface area contributed by atoms with Gasteiger partial charge in [-0.1, -0.05) is 44.3 Å². The van der Waals surface area contributed by atoms with E-state index in [4.69, 9.17) is 0 Å². The normalized spacial score (nSPS) is 22.6. The molecular weight excluding hydrogens is 120 g/mol. The zero-order chi connectivity index (χ0) is 7.40. The van der Waals surface area contributed by atoms with Gasteiger partial charge in [-0.05, 0) is 19.3 Å². The van der Waals surface area contributed by atoms with Gasteiger partial charge in [-0.15, -0.1) is 0 Å². The molecule has 58 valence electrons. The summed E-state index contributed by atoms with van der Waals surface area (Å²) in [4.78, 5) is 0. The molecule has 0 spiro atoms. The molecule has 0 aromatic rings. The first-order chi connectivity index (χ1) is 4.84. The van der Waals surface area contributed by atoms with Crippen molar-refractivity contribution in [2.45, 2.75) is 46.0 Å². The monoisotopic (exact) mass is 138 g/mol. The Labute approximate surface area is 64.3 Å². The van der Waals surface area contributed by atoms with Crippen LogP contribution in [-0.2, 0) is 0 Å². The SMILES string of the molecule is CCCCCCC1C=C1C. The molecule has 1 unspecified atom stereocenters. The molecule has 0 aromatic heterocycles. The maximum Gasteiger partial charge on any atom is -0.00230 e. The van der Waals surface area contributed by atoms with Crippen LogP contribution in [0.15, 0.2) is 11.6 Å². The summed E-state index contributed by atoms with van der Waals surface area (Å²) in [5.41, 5.74) is 1.62. The third-order valence-electron chi connectivity index (χ3n) is 2.31. The van der Waals surface area contributed by atoms with Crippen LogP contribution in [0.4, 0.5) is 0 Å². The maximum absolute atomic E-state index is 2.38. The number of hydrogen-bond acceptors (Lipinski definition) is 0. The van der Waals surface area contributed by atoms with Crippen molar-refractivity contribution in [1.29, 1.82) is 0 Å². The molecule has 0 saturated heterocycles. The van der Waals surface area contributed by atoms with Gasteiger partial charge in [0.1, 0.15) is 0 Å². The summed E-state index contributed by atoms with van der Waals surface area (Å²) in [6.07, 6.45) is 9.46. The highest BCUT2D eigenvalue weighted by atomic mass is 14.2. The van der Waals surface area contributed by atoms with Gasteiger partial charge in [0.05, 0.1) is 0 Å². The largest absolute Gasteiger partial charge is 0.0778 e. The summed E-state index contributed by atoms with van der Waals surface area (Å²) in [5, 5.41) is 0. The first-order valence-electron chi connectivity index (χ1n) is 4.53. The molecule has 0 saturated carbocycles. The van der Waals surface area contributed by atoms with Gasteiger partial charge in [-0.3, -0.25) is 0 Å². The second-order valence-corrected chi connectivity index (χ2v) is 3.37. The molecule has 1 aliphatic rings. The lowest BCUT2D eigenvalue weighted by molar-refractivity contribution is 0.609. The average molecular weight is 138 g/mol. The summed E-state index contributed by atoms with van der Waals surface area (Å²) >= 11 is 0. The van der Waals surface area contributed by atoms with E-state index in [1.165, 1.54) is 32.1 Å². The van der Waals surface area contributed by atoms with Crippen molar-refractivity contribution in [2.75, 3.05) is 0 Å². The summed E-state index contributed by atoms with van der Waals surface area (Å²) in [6, 6.07) is 0. The molecule has 0 bridgehead atoms. The Morgan fingerprint density at radius 3 is 2.50 bits per heavy atom. The Morgan fingerprint density at radius 1 is 1.30 bits per heavy atom. The second kappa shape index (κ2) is 3.80. The molecule has 1 rings (SSSR count). The lowest BCUT2D eigenvalue weighted by Gasteiger charge is -1.97. The van der Waals surface area contributed by atoms with E-state index in [2.05, 4.69) is 19.9 Å². The number of rotatable bonds is 5. The molecule has 1 atom stereocenters. The summed E-state index contributed by atoms with van der Waals surface area (Å²) < 4.78 is 0. The minimum Gasteiger partial charge on any atom is -0.0778 e. The van der Waals surface area contributed by atoms with E-state index in [1.807, 2.05) is 0 Å². The van der Waals surface area contributed by atoms with E-state index in [0.717, 1.165) is 5.92 Å². The van der Waals surface area contributed by atoms with Crippen LogP contribution in [0.25, 0.3) is 0 Å². The molecule has 0 fully saturated rings. The van der Waals surface area contributed by atoms with Crippen LogP contribution in [0.1, 0.15) is 46.0 Å². The van der Waals surface area contributed by atoms with Crippen molar-refractivity contribution >= 4 is 0 Å². The summed E-state index contributed by atoms with van der Waals surface area (Å²) in [6.45, 7) is 4.51. The zero-order valence-corrected chi connectivity index (χ0v) is 7.19. The zero-order valence-electron chi connectivity index (χ0n) is 7.19. The summed E-state index contributed by atoms with van der Waals surface area (Å²) in [5.74, 6) is 0.914. The standard InChI is InChI=1S/C10H18/c1-3-4-5-6-7-10-8-9(10)2/h8,10H,3-7H2,1-2H3. The van der Waals surface area contributed by atoms with Crippen LogP contribution >= 0.6 is 0 Å². The Hall–Kier alpha value is -0.260. The third kappa shape index (κ3) is 2.55. The van der Waals surface area contributed by atoms with Gasteiger partial charge in [0.2, 0.25) is 0 Å². The number of allylic oxidation sites excluding steroid dienone is 2. The Bertz CT molecular complexity index is 122. The molecule has 0 heterocycles. The van der Waals surface area contributed by atoms with Crippen molar-refractivity contribution in [1.82, 2.24) is 0 Å². The molecule has 10 heavy (non-hydrogen) atoms. The molecule has 0 aromatic carbocycles. The van der Waals surface area contributed by atoms with Crippen molar-refractivity contribution < 1.29 is 0 Å². The van der Waals surface area contributed by atoms with Gasteiger partial charge in [-0.25, -0.2) is 0 Å². The minimum atomic E-state index is 0.914. The molecule has 0 aliphatic heterocycles. The van der Waals surface area contributed by atoms with Crippen molar-refractivity contribution in [3.05, 3.63) is 11.6 Å². The molecule has 1 aliphatic carbocycles. The molecule has 0 amide bonds. The van der Waals surface area contributed by atoms with Crippen molar-refractivity contribution in [3.63, 3.8) is 0 Å². The lowest BCUT2D eigenvalue weighted by Crippen LogP contribution is -1.81. The van der Waals surface area contributed by atoms with Gasteiger partial charge in [0, 0.05) is 0 Å². The maximum atomic E-state index is 2.38. The molecule has 0 N–H and O–H groups in total. The highest BCUT2D eigenvalue weighted by Crippen LogP contribution is 2.32. The van der Waals surface area contributed by atoms with Crippen LogP contribution in [-0.4, -0.2) is 0 Å². The van der Waals surface area contributed by atoms with Crippen molar-refractivity contribution in [3.8, 4) is 0 Å². The highest BCUT2D eigenvalue weighted by Gasteiger charge is 2.18. The first kappa shape index (κ1) is 7.84. The van der Waals surface area contributed by atoms with Crippen molar-refractivity contribution in [2.24, 2.45) is 5.92 Å². The lowest BCUT2D eigenvalue weighted by atomic mass is 10.1. The smallest absolute Gasteiger partial charge is 0.00230 e. The number of unbranched alkanes of at least 4 members (excludes halogenated alkanes) is 3. The third-order valence-corrected chi connectivity index (χ3v) is 2.31. The summed E-state index contributed by atoms with van der Waals surface area (Å²) in [7, 11) is 0. The highest BCUT2D eigenvalue weighted by molar-refractivity contribution is 5.26. The van der Waals surface area contributed by atoms with Gasteiger partial charge < -0.3 is 0 Å². The average Bonchev–Trinajstić information content (AvgIpc) is 2.60. The van der Waals surface area contributed by atoms with Crippen LogP contribution < -0.4 is 0 Å². The van der Waals surface area contributed by atoms with E-state index in [1.54, 1.807) is 5.57 Å². The fourth-order valence-corrected chi connectivity index (χ4v) is 1.37. The van der Waals surface area contributed by atoms with Gasteiger partial charge in [-0.2, -0.15) is 0 Å².